The van der Waals surface area contributed by atoms with Crippen LogP contribution in [0, 0.1) is 0 Å². The number of allylic oxidation sites excluding steroid dienone is 2. The van der Waals surface area contributed by atoms with Gasteiger partial charge in [-0.25, -0.2) is 4.79 Å². The summed E-state index contributed by atoms with van der Waals surface area (Å²) in [4.78, 5) is 12.5. The fourth-order valence-electron chi connectivity index (χ4n) is 0.852. The van der Waals surface area contributed by atoms with Crippen molar-refractivity contribution in [3.05, 3.63) is 24.0 Å². The molecule has 0 bridgehead atoms. The molecule has 2 amide bonds. The molecule has 1 rings (SSSR count). The highest BCUT2D eigenvalue weighted by Crippen LogP contribution is 2.03. The van der Waals surface area contributed by atoms with Crippen LogP contribution in [-0.2, 0) is 0 Å². The van der Waals surface area contributed by atoms with Crippen molar-refractivity contribution < 1.29 is 4.79 Å². The molecular weight excluding hydrogens is 140 g/mol. The molecule has 0 saturated heterocycles. The van der Waals surface area contributed by atoms with Gasteiger partial charge in [0.2, 0.25) is 0 Å². The molecule has 11 heavy (non-hydrogen) atoms. The number of nitrogens with one attached hydrogen (secondary N) is 1. The summed E-state index contributed by atoms with van der Waals surface area (Å²) in [5.74, 6) is 0. The zero-order chi connectivity index (χ0) is 8.27. The summed E-state index contributed by atoms with van der Waals surface area (Å²) < 4.78 is 0. The molecule has 0 fully saturated rings. The third-order valence-electron chi connectivity index (χ3n) is 1.47. The molecule has 0 aromatic rings. The summed E-state index contributed by atoms with van der Waals surface area (Å²) in [5.41, 5.74) is 0.885. The van der Waals surface area contributed by atoms with E-state index < -0.39 is 0 Å². The summed E-state index contributed by atoms with van der Waals surface area (Å²) >= 11 is 0. The first kappa shape index (κ1) is 7.85. The summed E-state index contributed by atoms with van der Waals surface area (Å²) in [7, 11) is 1.72. The van der Waals surface area contributed by atoms with Gasteiger partial charge in [-0.05, 0) is 12.5 Å². The van der Waals surface area contributed by atoms with E-state index in [0.29, 0.717) is 0 Å². The normalized spacial score (nSPS) is 20.7. The Balaban J connectivity index is 2.71. The Morgan fingerprint density at radius 1 is 1.73 bits per heavy atom. The van der Waals surface area contributed by atoms with E-state index >= 15 is 0 Å². The summed E-state index contributed by atoms with van der Waals surface area (Å²) in [6.07, 6.45) is 6.54. The summed E-state index contributed by atoms with van der Waals surface area (Å²) in [6, 6.07) is -0.0767. The quantitative estimate of drug-likeness (QED) is 0.606. The molecule has 60 valence electrons. The van der Waals surface area contributed by atoms with Gasteiger partial charge in [0.15, 0.2) is 0 Å². The van der Waals surface area contributed by atoms with Crippen molar-refractivity contribution in [2.24, 2.45) is 0 Å². The highest BCUT2D eigenvalue weighted by Gasteiger charge is 2.09. The van der Waals surface area contributed by atoms with Crippen molar-refractivity contribution in [2.45, 2.75) is 13.3 Å². The van der Waals surface area contributed by atoms with Gasteiger partial charge in [0.05, 0.1) is 0 Å². The predicted molar refractivity (Wildman–Crippen MR) is 43.8 cm³/mol. The SMILES string of the molecule is CC/C=C1/C=CN(C)C(=O)N1. The topological polar surface area (TPSA) is 32.3 Å². The van der Waals surface area contributed by atoms with Crippen molar-refractivity contribution in [1.29, 1.82) is 0 Å². The van der Waals surface area contributed by atoms with Crippen LogP contribution in [0.25, 0.3) is 0 Å². The van der Waals surface area contributed by atoms with Crippen molar-refractivity contribution in [2.75, 3.05) is 7.05 Å². The van der Waals surface area contributed by atoms with Crippen LogP contribution in [-0.4, -0.2) is 18.0 Å². The van der Waals surface area contributed by atoms with Crippen molar-refractivity contribution >= 4 is 6.03 Å². The van der Waals surface area contributed by atoms with Gasteiger partial charge < -0.3 is 10.2 Å². The standard InChI is InChI=1S/C8H12N2O/c1-3-4-7-5-6-10(2)8(11)9-7/h4-6H,3H2,1-2H3,(H,9,11)/b7-4-. The average molecular weight is 152 g/mol. The number of urea groups is 1. The smallest absolute Gasteiger partial charge is 0.308 e. The number of carbonyl (C=O) groups is 1. The maximum Gasteiger partial charge on any atom is 0.325 e. The number of hydrogen-bond acceptors (Lipinski definition) is 1. The van der Waals surface area contributed by atoms with Crippen LogP contribution in [0.2, 0.25) is 0 Å². The molecule has 0 spiro atoms. The van der Waals surface area contributed by atoms with Gasteiger partial charge in [0.1, 0.15) is 0 Å². The van der Waals surface area contributed by atoms with Crippen LogP contribution in [0.4, 0.5) is 4.79 Å². The van der Waals surface area contributed by atoms with E-state index in [1.54, 1.807) is 13.2 Å². The number of carbonyl (C=O) groups excluding carboxylic acids is 1. The van der Waals surface area contributed by atoms with Crippen molar-refractivity contribution in [3.8, 4) is 0 Å². The highest BCUT2D eigenvalue weighted by molar-refractivity contribution is 5.79. The first-order chi connectivity index (χ1) is 5.24. The van der Waals surface area contributed by atoms with E-state index in [-0.39, 0.29) is 6.03 Å². The summed E-state index contributed by atoms with van der Waals surface area (Å²) in [5, 5.41) is 2.73. The molecule has 0 aromatic heterocycles. The average Bonchev–Trinajstić information content (AvgIpc) is 1.98. The molecule has 0 saturated carbocycles. The van der Waals surface area contributed by atoms with Crippen LogP contribution in [0.15, 0.2) is 24.0 Å². The molecule has 0 aromatic carbocycles. The lowest BCUT2D eigenvalue weighted by molar-refractivity contribution is 0.223. The third kappa shape index (κ3) is 1.83. The molecule has 0 atom stereocenters. The van der Waals surface area contributed by atoms with Crippen molar-refractivity contribution in [3.63, 3.8) is 0 Å². The second-order valence-corrected chi connectivity index (χ2v) is 2.42. The van der Waals surface area contributed by atoms with Crippen LogP contribution in [0.3, 0.4) is 0 Å². The lowest BCUT2D eigenvalue weighted by Gasteiger charge is -2.18. The van der Waals surface area contributed by atoms with Crippen molar-refractivity contribution in [1.82, 2.24) is 10.2 Å². The van der Waals surface area contributed by atoms with Crippen LogP contribution < -0.4 is 5.32 Å². The van der Waals surface area contributed by atoms with E-state index in [4.69, 9.17) is 0 Å². The second kappa shape index (κ2) is 3.23. The largest absolute Gasteiger partial charge is 0.325 e. The number of nitrogens with zero attached hydrogens (tertiary/aromatic N) is 1. The van der Waals surface area contributed by atoms with Gasteiger partial charge >= 0.3 is 6.03 Å². The molecule has 1 N–H and O–H groups in total. The fourth-order valence-corrected chi connectivity index (χ4v) is 0.852. The Morgan fingerprint density at radius 3 is 3.00 bits per heavy atom. The molecule has 3 nitrogen and oxygen atoms in total. The molecule has 1 aliphatic heterocycles. The van der Waals surface area contributed by atoms with E-state index in [1.807, 2.05) is 19.1 Å². The van der Waals surface area contributed by atoms with E-state index in [1.165, 1.54) is 4.90 Å². The Labute approximate surface area is 66.4 Å². The predicted octanol–water partition coefficient (Wildman–Crippen LogP) is 1.45. The van der Waals surface area contributed by atoms with Gasteiger partial charge in [0.25, 0.3) is 0 Å². The van der Waals surface area contributed by atoms with Gasteiger partial charge in [-0.15, -0.1) is 0 Å². The zero-order valence-electron chi connectivity index (χ0n) is 6.79. The molecule has 1 heterocycles. The van der Waals surface area contributed by atoms with E-state index in [0.717, 1.165) is 12.1 Å². The van der Waals surface area contributed by atoms with E-state index in [9.17, 15) is 4.79 Å². The Morgan fingerprint density at radius 2 is 2.45 bits per heavy atom. The summed E-state index contributed by atoms with van der Waals surface area (Å²) in [6.45, 7) is 2.03. The van der Waals surface area contributed by atoms with Crippen LogP contribution in [0.1, 0.15) is 13.3 Å². The van der Waals surface area contributed by atoms with Gasteiger partial charge in [0, 0.05) is 18.9 Å². The maximum absolute atomic E-state index is 11.0. The number of amides is 2. The Kier molecular flexibility index (Phi) is 2.31. The molecular formula is C8H12N2O. The highest BCUT2D eigenvalue weighted by atomic mass is 16.2. The lowest BCUT2D eigenvalue weighted by atomic mass is 10.3. The molecule has 0 radical (unpaired) electrons. The monoisotopic (exact) mass is 152 g/mol. The molecule has 1 aliphatic rings. The van der Waals surface area contributed by atoms with Crippen LogP contribution >= 0.6 is 0 Å². The van der Waals surface area contributed by atoms with E-state index in [2.05, 4.69) is 5.32 Å². The second-order valence-electron chi connectivity index (χ2n) is 2.42. The molecule has 0 aliphatic carbocycles. The Bertz CT molecular complexity index is 218. The first-order valence-electron chi connectivity index (χ1n) is 3.66. The number of rotatable bonds is 1. The zero-order valence-corrected chi connectivity index (χ0v) is 6.79. The minimum Gasteiger partial charge on any atom is -0.308 e. The Hall–Kier alpha value is -1.25. The van der Waals surface area contributed by atoms with Crippen LogP contribution in [0.5, 0.6) is 0 Å². The van der Waals surface area contributed by atoms with Gasteiger partial charge in [-0.2, -0.15) is 0 Å². The minimum absolute atomic E-state index is 0.0767. The molecule has 3 heteroatoms. The van der Waals surface area contributed by atoms with Gasteiger partial charge in [-0.3, -0.25) is 0 Å². The maximum atomic E-state index is 11.0. The lowest BCUT2D eigenvalue weighted by Crippen LogP contribution is -2.36. The fraction of sp³-hybridized carbons (Fsp3) is 0.375. The number of hydrogen-bond donors (Lipinski definition) is 1. The minimum atomic E-state index is -0.0767. The first-order valence-corrected chi connectivity index (χ1v) is 3.66. The van der Waals surface area contributed by atoms with Gasteiger partial charge in [-0.1, -0.05) is 13.0 Å². The third-order valence-corrected chi connectivity index (χ3v) is 1.47. The molecule has 0 unspecified atom stereocenters.